The fourth-order valence-electron chi connectivity index (χ4n) is 3.92. The average Bonchev–Trinajstić information content (AvgIpc) is 3.14. The van der Waals surface area contributed by atoms with Crippen molar-refractivity contribution in [2.45, 2.75) is 70.0 Å². The van der Waals surface area contributed by atoms with Crippen LogP contribution in [0.25, 0.3) is 0 Å². The van der Waals surface area contributed by atoms with E-state index in [2.05, 4.69) is 0 Å². The summed E-state index contributed by atoms with van der Waals surface area (Å²) < 4.78 is 41.0. The molecule has 3 fully saturated rings. The molecule has 4 rings (SSSR count). The van der Waals surface area contributed by atoms with Crippen LogP contribution in [0.2, 0.25) is 0 Å². The van der Waals surface area contributed by atoms with Gasteiger partial charge in [0.1, 0.15) is 25.4 Å². The van der Waals surface area contributed by atoms with Crippen LogP contribution in [0.1, 0.15) is 33.3 Å². The maximum Gasteiger partial charge on any atom is 0.332 e. The summed E-state index contributed by atoms with van der Waals surface area (Å²) in [6, 6.07) is 9.61. The van der Waals surface area contributed by atoms with Crippen LogP contribution in [-0.2, 0) is 44.6 Å². The lowest BCUT2D eigenvalue weighted by Crippen LogP contribution is -2.63. The van der Waals surface area contributed by atoms with Crippen molar-refractivity contribution in [1.82, 2.24) is 0 Å². The second-order valence-corrected chi connectivity index (χ2v) is 8.44. The number of ether oxygens (including phenoxy) is 7. The van der Waals surface area contributed by atoms with E-state index in [0.29, 0.717) is 6.61 Å². The molecule has 4 atom stereocenters. The SMILES string of the molecule is CC1(C)O[C@@H]2[C@@H](CO[C@]3(COC(C)(C)O3)[C@H]2OC(=O)COCc2ccccc2)O1. The maximum atomic E-state index is 12.6. The van der Waals surface area contributed by atoms with E-state index in [-0.39, 0.29) is 25.9 Å². The lowest BCUT2D eigenvalue weighted by Gasteiger charge is -2.43. The Balaban J connectivity index is 1.44. The Hall–Kier alpha value is -1.55. The van der Waals surface area contributed by atoms with Crippen molar-refractivity contribution in [2.75, 3.05) is 19.8 Å². The molecule has 1 aromatic carbocycles. The van der Waals surface area contributed by atoms with E-state index < -0.39 is 35.5 Å². The highest BCUT2D eigenvalue weighted by Crippen LogP contribution is 2.45. The minimum Gasteiger partial charge on any atom is -0.452 e. The number of hydrogen-bond donors (Lipinski definition) is 0. The van der Waals surface area contributed by atoms with Crippen LogP contribution in [0.15, 0.2) is 30.3 Å². The molecule has 3 aliphatic heterocycles. The van der Waals surface area contributed by atoms with Crippen LogP contribution < -0.4 is 0 Å². The first-order chi connectivity index (χ1) is 13.7. The summed E-state index contributed by atoms with van der Waals surface area (Å²) in [5, 5.41) is 0. The van der Waals surface area contributed by atoms with E-state index in [1.54, 1.807) is 13.8 Å². The molecule has 0 amide bonds. The quantitative estimate of drug-likeness (QED) is 0.686. The van der Waals surface area contributed by atoms with Gasteiger partial charge in [0.2, 0.25) is 5.79 Å². The van der Waals surface area contributed by atoms with E-state index in [9.17, 15) is 4.79 Å². The lowest BCUT2D eigenvalue weighted by molar-refractivity contribution is -0.329. The monoisotopic (exact) mass is 408 g/mol. The van der Waals surface area contributed by atoms with Gasteiger partial charge in [0.05, 0.1) is 13.2 Å². The Morgan fingerprint density at radius 3 is 2.52 bits per heavy atom. The molecule has 3 aliphatic rings. The van der Waals surface area contributed by atoms with Gasteiger partial charge in [-0.05, 0) is 33.3 Å². The van der Waals surface area contributed by atoms with Crippen molar-refractivity contribution in [3.8, 4) is 0 Å². The number of hydrogen-bond acceptors (Lipinski definition) is 8. The molecule has 0 aliphatic carbocycles. The van der Waals surface area contributed by atoms with Crippen LogP contribution in [0.3, 0.4) is 0 Å². The van der Waals surface area contributed by atoms with Gasteiger partial charge < -0.3 is 33.2 Å². The van der Waals surface area contributed by atoms with Gasteiger partial charge in [0.25, 0.3) is 0 Å². The Bertz CT molecular complexity index is 731. The van der Waals surface area contributed by atoms with E-state index in [1.807, 2.05) is 44.2 Å². The zero-order valence-corrected chi connectivity index (χ0v) is 17.2. The first kappa shape index (κ1) is 20.7. The Labute approximate surface area is 170 Å². The van der Waals surface area contributed by atoms with Crippen molar-refractivity contribution in [3.63, 3.8) is 0 Å². The first-order valence-electron chi connectivity index (χ1n) is 9.83. The summed E-state index contributed by atoms with van der Waals surface area (Å²) in [5.41, 5.74) is 0.974. The van der Waals surface area contributed by atoms with Gasteiger partial charge in [-0.1, -0.05) is 30.3 Å². The molecule has 29 heavy (non-hydrogen) atoms. The molecule has 8 heteroatoms. The topological polar surface area (TPSA) is 81.7 Å². The molecule has 8 nitrogen and oxygen atoms in total. The zero-order chi connectivity index (χ0) is 20.7. The minimum atomic E-state index is -1.25. The summed E-state index contributed by atoms with van der Waals surface area (Å²) in [5.74, 6) is -3.45. The predicted molar refractivity (Wildman–Crippen MR) is 99.6 cm³/mol. The largest absolute Gasteiger partial charge is 0.452 e. The number of carbonyl (C=O) groups excluding carboxylic acids is 1. The molecule has 0 N–H and O–H groups in total. The highest BCUT2D eigenvalue weighted by atomic mass is 16.9. The van der Waals surface area contributed by atoms with Gasteiger partial charge in [-0.2, -0.15) is 0 Å². The molecular weight excluding hydrogens is 380 g/mol. The third-order valence-corrected chi connectivity index (χ3v) is 5.07. The van der Waals surface area contributed by atoms with Crippen molar-refractivity contribution < 1.29 is 38.0 Å². The molecule has 0 unspecified atom stereocenters. The number of esters is 1. The number of fused-ring (bicyclic) bond motifs is 1. The van der Waals surface area contributed by atoms with Crippen molar-refractivity contribution in [1.29, 1.82) is 0 Å². The smallest absolute Gasteiger partial charge is 0.332 e. The van der Waals surface area contributed by atoms with Gasteiger partial charge in [0.15, 0.2) is 17.7 Å². The molecule has 1 aromatic rings. The van der Waals surface area contributed by atoms with Crippen LogP contribution in [-0.4, -0.2) is 61.5 Å². The Morgan fingerprint density at radius 2 is 1.83 bits per heavy atom. The Morgan fingerprint density at radius 1 is 1.07 bits per heavy atom. The van der Waals surface area contributed by atoms with Crippen LogP contribution in [0.5, 0.6) is 0 Å². The molecule has 1 spiro atoms. The Kier molecular flexibility index (Phi) is 5.43. The zero-order valence-electron chi connectivity index (χ0n) is 17.2. The molecule has 3 heterocycles. The molecule has 160 valence electrons. The van der Waals surface area contributed by atoms with E-state index in [1.165, 1.54) is 0 Å². The second-order valence-electron chi connectivity index (χ2n) is 8.44. The average molecular weight is 408 g/mol. The standard InChI is InChI=1S/C21H28O8/c1-19(2)25-13-21(29-19)18(17-15(11-24-21)27-20(3,4)28-17)26-16(22)12-23-10-14-8-6-5-7-9-14/h5-9,15,17-18H,10-13H2,1-4H3/t15-,17-,18+,21+/m1/s1. The number of carbonyl (C=O) groups is 1. The van der Waals surface area contributed by atoms with E-state index >= 15 is 0 Å². The summed E-state index contributed by atoms with van der Waals surface area (Å²) in [6.07, 6.45) is -1.75. The normalized spacial score (nSPS) is 34.8. The lowest BCUT2D eigenvalue weighted by atomic mass is 9.97. The van der Waals surface area contributed by atoms with Gasteiger partial charge in [0, 0.05) is 0 Å². The van der Waals surface area contributed by atoms with Crippen molar-refractivity contribution in [2.24, 2.45) is 0 Å². The van der Waals surface area contributed by atoms with Crippen LogP contribution in [0, 0.1) is 0 Å². The summed E-state index contributed by atoms with van der Waals surface area (Å²) in [4.78, 5) is 12.6. The number of benzene rings is 1. The molecule has 0 radical (unpaired) electrons. The summed E-state index contributed by atoms with van der Waals surface area (Å²) >= 11 is 0. The highest BCUT2D eigenvalue weighted by Gasteiger charge is 2.64. The molecule has 0 aromatic heterocycles. The summed E-state index contributed by atoms with van der Waals surface area (Å²) in [7, 11) is 0. The molecule has 0 bridgehead atoms. The van der Waals surface area contributed by atoms with E-state index in [0.717, 1.165) is 5.56 Å². The minimum absolute atomic E-state index is 0.121. The molecular formula is C21H28O8. The van der Waals surface area contributed by atoms with Gasteiger partial charge >= 0.3 is 5.97 Å². The molecule has 0 saturated carbocycles. The van der Waals surface area contributed by atoms with Crippen molar-refractivity contribution >= 4 is 5.97 Å². The number of rotatable bonds is 5. The maximum absolute atomic E-state index is 12.6. The van der Waals surface area contributed by atoms with Gasteiger partial charge in [-0.3, -0.25) is 0 Å². The predicted octanol–water partition coefficient (Wildman–Crippen LogP) is 2.14. The highest BCUT2D eigenvalue weighted by molar-refractivity contribution is 5.71. The third kappa shape index (κ3) is 4.47. The van der Waals surface area contributed by atoms with Gasteiger partial charge in [-0.25, -0.2) is 4.79 Å². The molecule has 3 saturated heterocycles. The first-order valence-corrected chi connectivity index (χ1v) is 9.83. The van der Waals surface area contributed by atoms with Crippen molar-refractivity contribution in [3.05, 3.63) is 35.9 Å². The summed E-state index contributed by atoms with van der Waals surface area (Å²) in [6.45, 7) is 7.69. The van der Waals surface area contributed by atoms with Gasteiger partial charge in [-0.15, -0.1) is 0 Å². The van der Waals surface area contributed by atoms with E-state index in [4.69, 9.17) is 33.2 Å². The van der Waals surface area contributed by atoms with Crippen LogP contribution in [0.4, 0.5) is 0 Å². The fourth-order valence-corrected chi connectivity index (χ4v) is 3.92. The second kappa shape index (κ2) is 7.61. The van der Waals surface area contributed by atoms with Crippen LogP contribution >= 0.6 is 0 Å². The fraction of sp³-hybridized carbons (Fsp3) is 0.667. The third-order valence-electron chi connectivity index (χ3n) is 5.07.